The predicted octanol–water partition coefficient (Wildman–Crippen LogP) is 3.64. The number of rotatable bonds is 5. The maximum absolute atomic E-state index is 12.3. The van der Waals surface area contributed by atoms with Gasteiger partial charge in [0.1, 0.15) is 5.01 Å². The Hall–Kier alpha value is -2.21. The van der Waals surface area contributed by atoms with Crippen LogP contribution in [0.3, 0.4) is 0 Å². The fourth-order valence-electron chi connectivity index (χ4n) is 3.12. The Labute approximate surface area is 151 Å². The minimum Gasteiger partial charge on any atom is -0.452 e. The van der Waals surface area contributed by atoms with Crippen molar-refractivity contribution in [3.8, 4) is 0 Å². The molecule has 5 nitrogen and oxygen atoms in total. The Morgan fingerprint density at radius 1 is 1.36 bits per heavy atom. The zero-order valence-corrected chi connectivity index (χ0v) is 15.1. The van der Waals surface area contributed by atoms with E-state index in [0.29, 0.717) is 0 Å². The number of amides is 1. The van der Waals surface area contributed by atoms with Gasteiger partial charge in [-0.2, -0.15) is 0 Å². The Kier molecular flexibility index (Phi) is 5.81. The highest BCUT2D eigenvalue weighted by Crippen LogP contribution is 2.22. The summed E-state index contributed by atoms with van der Waals surface area (Å²) in [5.74, 6) is -0.619. The number of hydrogen-bond acceptors (Lipinski definition) is 5. The molecule has 0 unspecified atom stereocenters. The van der Waals surface area contributed by atoms with Crippen LogP contribution in [0.2, 0.25) is 0 Å². The summed E-state index contributed by atoms with van der Waals surface area (Å²) in [6.07, 6.45) is 7.12. The average Bonchev–Trinajstić information content (AvgIpc) is 3.07. The summed E-state index contributed by atoms with van der Waals surface area (Å²) in [5.41, 5.74) is 0.909. The van der Waals surface area contributed by atoms with Gasteiger partial charge in [0.25, 0.3) is 5.91 Å². The average molecular weight is 358 g/mol. The Morgan fingerprint density at radius 2 is 2.20 bits per heavy atom. The van der Waals surface area contributed by atoms with Crippen LogP contribution in [-0.2, 0) is 14.3 Å². The maximum atomic E-state index is 12.3. The largest absolute Gasteiger partial charge is 0.452 e. The molecule has 1 atom stereocenters. The van der Waals surface area contributed by atoms with E-state index < -0.39 is 5.97 Å². The standard InChI is InChI=1S/C19H22N2O3S/c1-2-14-7-5-6-12-21(14)18(22)13-24-19(23)11-10-17-20-15-8-3-4-9-16(15)25-17/h3-4,8-11,14H,2,5-7,12-13H2,1H3/b11-10+/t14-/m0/s1. The monoisotopic (exact) mass is 358 g/mol. The summed E-state index contributed by atoms with van der Waals surface area (Å²) >= 11 is 1.51. The molecular formula is C19H22N2O3S. The van der Waals surface area contributed by atoms with Crippen molar-refractivity contribution in [3.63, 3.8) is 0 Å². The number of likely N-dealkylation sites (tertiary alicyclic amines) is 1. The van der Waals surface area contributed by atoms with Crippen molar-refractivity contribution in [1.82, 2.24) is 9.88 Å². The van der Waals surface area contributed by atoms with Crippen LogP contribution in [0, 0.1) is 0 Å². The van der Waals surface area contributed by atoms with Gasteiger partial charge >= 0.3 is 5.97 Å². The minimum atomic E-state index is -0.516. The molecule has 1 fully saturated rings. The smallest absolute Gasteiger partial charge is 0.331 e. The van der Waals surface area contributed by atoms with E-state index in [1.807, 2.05) is 29.2 Å². The van der Waals surface area contributed by atoms with Gasteiger partial charge in [-0.15, -0.1) is 11.3 Å². The molecule has 3 rings (SSSR count). The number of hydrogen-bond donors (Lipinski definition) is 0. The second-order valence-corrected chi connectivity index (χ2v) is 7.17. The summed E-state index contributed by atoms with van der Waals surface area (Å²) in [7, 11) is 0. The molecule has 1 aliphatic heterocycles. The van der Waals surface area contributed by atoms with Crippen molar-refractivity contribution in [2.45, 2.75) is 38.6 Å². The number of nitrogens with zero attached hydrogens (tertiary/aromatic N) is 2. The van der Waals surface area contributed by atoms with Gasteiger partial charge in [-0.3, -0.25) is 4.79 Å². The molecule has 1 aliphatic rings. The molecule has 1 aromatic carbocycles. The van der Waals surface area contributed by atoms with Crippen LogP contribution in [0.5, 0.6) is 0 Å². The Bertz CT molecular complexity index is 751. The van der Waals surface area contributed by atoms with Gasteiger partial charge in [-0.1, -0.05) is 19.1 Å². The van der Waals surface area contributed by atoms with Gasteiger partial charge in [0.05, 0.1) is 10.2 Å². The van der Waals surface area contributed by atoms with Crippen LogP contribution in [-0.4, -0.2) is 41.0 Å². The highest BCUT2D eigenvalue weighted by Gasteiger charge is 2.25. The zero-order chi connectivity index (χ0) is 17.6. The molecule has 1 amide bonds. The second kappa shape index (κ2) is 8.25. The van der Waals surface area contributed by atoms with E-state index in [-0.39, 0.29) is 18.6 Å². The third kappa shape index (κ3) is 4.45. The Balaban J connectivity index is 1.52. The van der Waals surface area contributed by atoms with Crippen molar-refractivity contribution in [1.29, 1.82) is 0 Å². The van der Waals surface area contributed by atoms with Gasteiger partial charge < -0.3 is 9.64 Å². The number of aromatic nitrogens is 1. The minimum absolute atomic E-state index is 0.103. The van der Waals surface area contributed by atoms with E-state index in [2.05, 4.69) is 11.9 Å². The number of fused-ring (bicyclic) bond motifs is 1. The lowest BCUT2D eigenvalue weighted by molar-refractivity contribution is -0.150. The third-order valence-corrected chi connectivity index (χ3v) is 5.43. The zero-order valence-electron chi connectivity index (χ0n) is 14.3. The van der Waals surface area contributed by atoms with Crippen molar-refractivity contribution in [3.05, 3.63) is 35.3 Å². The van der Waals surface area contributed by atoms with Gasteiger partial charge in [-0.05, 0) is 43.9 Å². The van der Waals surface area contributed by atoms with Crippen LogP contribution in [0.25, 0.3) is 16.3 Å². The van der Waals surface area contributed by atoms with Gasteiger partial charge in [0.15, 0.2) is 6.61 Å². The number of ether oxygens (including phenoxy) is 1. The molecule has 1 saturated heterocycles. The van der Waals surface area contributed by atoms with E-state index in [9.17, 15) is 9.59 Å². The summed E-state index contributed by atoms with van der Waals surface area (Å²) in [6.45, 7) is 2.65. The first-order chi connectivity index (χ1) is 12.2. The first-order valence-corrected chi connectivity index (χ1v) is 9.49. The molecule has 132 valence electrons. The number of esters is 1. The van der Waals surface area contributed by atoms with Crippen LogP contribution >= 0.6 is 11.3 Å². The number of carbonyl (C=O) groups excluding carboxylic acids is 2. The van der Waals surface area contributed by atoms with E-state index in [1.54, 1.807) is 6.08 Å². The number of benzene rings is 1. The molecule has 0 spiro atoms. The Morgan fingerprint density at radius 3 is 3.00 bits per heavy atom. The second-order valence-electron chi connectivity index (χ2n) is 6.11. The van der Waals surface area contributed by atoms with Gasteiger partial charge in [-0.25, -0.2) is 9.78 Å². The molecule has 2 aromatic rings. The third-order valence-electron chi connectivity index (χ3n) is 4.43. The lowest BCUT2D eigenvalue weighted by atomic mass is 10.00. The molecule has 0 N–H and O–H groups in total. The van der Waals surface area contributed by atoms with E-state index >= 15 is 0 Å². The van der Waals surface area contributed by atoms with Gasteiger partial charge in [0.2, 0.25) is 0 Å². The summed E-state index contributed by atoms with van der Waals surface area (Å²) in [6, 6.07) is 8.09. The molecule has 6 heteroatoms. The molecule has 2 heterocycles. The highest BCUT2D eigenvalue weighted by atomic mass is 32.1. The predicted molar refractivity (Wildman–Crippen MR) is 99.3 cm³/mol. The number of piperidine rings is 1. The normalized spacial score (nSPS) is 18.0. The van der Waals surface area contributed by atoms with Crippen molar-refractivity contribution < 1.29 is 14.3 Å². The molecule has 0 saturated carbocycles. The van der Waals surface area contributed by atoms with Crippen molar-refractivity contribution in [2.75, 3.05) is 13.2 Å². The summed E-state index contributed by atoms with van der Waals surface area (Å²) < 4.78 is 6.18. The summed E-state index contributed by atoms with van der Waals surface area (Å²) in [5, 5.41) is 0.742. The first-order valence-electron chi connectivity index (χ1n) is 8.67. The molecule has 1 aromatic heterocycles. The molecule has 0 bridgehead atoms. The van der Waals surface area contributed by atoms with E-state index in [1.165, 1.54) is 17.4 Å². The lowest BCUT2D eigenvalue weighted by Crippen LogP contribution is -2.45. The lowest BCUT2D eigenvalue weighted by Gasteiger charge is -2.35. The quantitative estimate of drug-likeness (QED) is 0.605. The first kappa shape index (κ1) is 17.6. The SMILES string of the molecule is CC[C@H]1CCCCN1C(=O)COC(=O)/C=C/c1nc2ccccc2s1. The van der Waals surface area contributed by atoms with Crippen molar-refractivity contribution >= 4 is 39.5 Å². The van der Waals surface area contributed by atoms with Crippen LogP contribution in [0.1, 0.15) is 37.6 Å². The number of thiazole rings is 1. The van der Waals surface area contributed by atoms with Gasteiger partial charge in [0, 0.05) is 18.7 Å². The molecular weight excluding hydrogens is 336 g/mol. The number of carbonyl (C=O) groups is 2. The van der Waals surface area contributed by atoms with Crippen LogP contribution in [0.15, 0.2) is 30.3 Å². The molecule has 0 radical (unpaired) electrons. The van der Waals surface area contributed by atoms with E-state index in [0.717, 1.165) is 47.5 Å². The maximum Gasteiger partial charge on any atom is 0.331 e. The van der Waals surface area contributed by atoms with Crippen LogP contribution < -0.4 is 0 Å². The van der Waals surface area contributed by atoms with Crippen molar-refractivity contribution in [2.24, 2.45) is 0 Å². The number of para-hydroxylation sites is 1. The fraction of sp³-hybridized carbons (Fsp3) is 0.421. The fourth-order valence-corrected chi connectivity index (χ4v) is 3.99. The topological polar surface area (TPSA) is 59.5 Å². The highest BCUT2D eigenvalue weighted by molar-refractivity contribution is 7.19. The molecule has 25 heavy (non-hydrogen) atoms. The summed E-state index contributed by atoms with van der Waals surface area (Å²) in [4.78, 5) is 30.4. The van der Waals surface area contributed by atoms with E-state index in [4.69, 9.17) is 4.74 Å². The molecule has 0 aliphatic carbocycles. The van der Waals surface area contributed by atoms with Crippen LogP contribution in [0.4, 0.5) is 0 Å².